The van der Waals surface area contributed by atoms with E-state index in [1.807, 2.05) is 4.68 Å². The molecule has 0 radical (unpaired) electrons. The summed E-state index contributed by atoms with van der Waals surface area (Å²) in [5.41, 5.74) is 1.39. The first kappa shape index (κ1) is 13.6. The Kier molecular flexibility index (Phi) is 4.78. The molecule has 1 saturated heterocycles. The molecule has 18 heavy (non-hydrogen) atoms. The topological polar surface area (TPSA) is 33.1 Å². The number of aromatic nitrogens is 2. The van der Waals surface area contributed by atoms with Gasteiger partial charge in [0.05, 0.1) is 6.20 Å². The van der Waals surface area contributed by atoms with Gasteiger partial charge in [0.15, 0.2) is 0 Å². The van der Waals surface area contributed by atoms with Crippen molar-refractivity contribution in [2.75, 3.05) is 26.7 Å². The van der Waals surface area contributed by atoms with E-state index in [9.17, 15) is 0 Å². The van der Waals surface area contributed by atoms with E-state index >= 15 is 0 Å². The maximum Gasteiger partial charge on any atom is 0.0537 e. The Morgan fingerprint density at radius 3 is 2.83 bits per heavy atom. The summed E-state index contributed by atoms with van der Waals surface area (Å²) >= 11 is 0. The summed E-state index contributed by atoms with van der Waals surface area (Å²) in [6.45, 7) is 8.80. The fourth-order valence-electron chi connectivity index (χ4n) is 3.17. The van der Waals surface area contributed by atoms with Crippen LogP contribution >= 0.6 is 0 Å². The average Bonchev–Trinajstić information content (AvgIpc) is 2.87. The van der Waals surface area contributed by atoms with Gasteiger partial charge in [-0.1, -0.05) is 6.92 Å². The molecule has 2 unspecified atom stereocenters. The van der Waals surface area contributed by atoms with Crippen molar-refractivity contribution in [2.24, 2.45) is 5.92 Å². The third kappa shape index (κ3) is 2.75. The predicted octanol–water partition coefficient (Wildman–Crippen LogP) is 1.90. The highest BCUT2D eigenvalue weighted by Crippen LogP contribution is 2.35. The van der Waals surface area contributed by atoms with Crippen LogP contribution in [0.4, 0.5) is 0 Å². The molecule has 2 rings (SSSR count). The standard InChI is InChI=1S/C14H26N4/c1-4-17-8-6-7-12(9-15-3)14(17)13-10-16-18(5-2)11-13/h10-12,14-15H,4-9H2,1-3H3. The Morgan fingerprint density at radius 1 is 1.39 bits per heavy atom. The number of nitrogens with zero attached hydrogens (tertiary/aromatic N) is 3. The van der Waals surface area contributed by atoms with Crippen molar-refractivity contribution in [1.82, 2.24) is 20.0 Å². The van der Waals surface area contributed by atoms with Gasteiger partial charge in [0.1, 0.15) is 0 Å². The number of aryl methyl sites for hydroxylation is 1. The van der Waals surface area contributed by atoms with Crippen LogP contribution in [0.25, 0.3) is 0 Å². The minimum absolute atomic E-state index is 0.538. The molecule has 0 aromatic carbocycles. The highest BCUT2D eigenvalue weighted by molar-refractivity contribution is 5.13. The Balaban J connectivity index is 2.21. The smallest absolute Gasteiger partial charge is 0.0537 e. The lowest BCUT2D eigenvalue weighted by Gasteiger charge is -2.40. The number of piperidine rings is 1. The average molecular weight is 250 g/mol. The van der Waals surface area contributed by atoms with E-state index in [-0.39, 0.29) is 0 Å². The molecule has 0 bridgehead atoms. The van der Waals surface area contributed by atoms with Crippen LogP contribution in [0.2, 0.25) is 0 Å². The third-order valence-electron chi connectivity index (χ3n) is 4.05. The van der Waals surface area contributed by atoms with Crippen molar-refractivity contribution in [2.45, 2.75) is 39.3 Å². The van der Waals surface area contributed by atoms with Gasteiger partial charge in [0.2, 0.25) is 0 Å². The molecule has 0 spiro atoms. The van der Waals surface area contributed by atoms with Crippen LogP contribution in [-0.2, 0) is 6.54 Å². The number of nitrogens with one attached hydrogen (secondary N) is 1. The van der Waals surface area contributed by atoms with E-state index in [4.69, 9.17) is 0 Å². The minimum atomic E-state index is 0.538. The van der Waals surface area contributed by atoms with E-state index in [1.165, 1.54) is 24.9 Å². The highest BCUT2D eigenvalue weighted by Gasteiger charge is 2.32. The second-order valence-corrected chi connectivity index (χ2v) is 5.16. The molecular formula is C14H26N4. The van der Waals surface area contributed by atoms with Crippen LogP contribution in [0, 0.1) is 5.92 Å². The van der Waals surface area contributed by atoms with E-state index in [2.05, 4.69) is 48.6 Å². The minimum Gasteiger partial charge on any atom is -0.319 e. The van der Waals surface area contributed by atoms with Gasteiger partial charge in [-0.3, -0.25) is 9.58 Å². The van der Waals surface area contributed by atoms with Gasteiger partial charge in [-0.15, -0.1) is 0 Å². The maximum absolute atomic E-state index is 4.44. The van der Waals surface area contributed by atoms with Crippen molar-refractivity contribution in [3.63, 3.8) is 0 Å². The number of rotatable bonds is 5. The van der Waals surface area contributed by atoms with E-state index < -0.39 is 0 Å². The lowest BCUT2D eigenvalue weighted by Crippen LogP contribution is -2.41. The first-order chi connectivity index (χ1) is 8.80. The molecule has 0 amide bonds. The SMILES string of the molecule is CCN1CCCC(CNC)C1c1cnn(CC)c1. The van der Waals surface area contributed by atoms with Gasteiger partial charge in [-0.25, -0.2) is 0 Å². The number of hydrogen-bond acceptors (Lipinski definition) is 3. The van der Waals surface area contributed by atoms with Crippen molar-refractivity contribution in [3.05, 3.63) is 18.0 Å². The van der Waals surface area contributed by atoms with Crippen LogP contribution in [0.5, 0.6) is 0 Å². The fourth-order valence-corrected chi connectivity index (χ4v) is 3.17. The quantitative estimate of drug-likeness (QED) is 0.866. The molecule has 102 valence electrons. The normalized spacial score (nSPS) is 25.5. The highest BCUT2D eigenvalue weighted by atomic mass is 15.3. The van der Waals surface area contributed by atoms with E-state index in [0.717, 1.165) is 19.6 Å². The summed E-state index contributed by atoms with van der Waals surface area (Å²) in [7, 11) is 2.05. The molecule has 1 aliphatic heterocycles. The molecule has 4 nitrogen and oxygen atoms in total. The lowest BCUT2D eigenvalue weighted by atomic mass is 9.85. The molecule has 0 saturated carbocycles. The summed E-state index contributed by atoms with van der Waals surface area (Å²) < 4.78 is 2.04. The molecule has 1 aromatic rings. The predicted molar refractivity (Wildman–Crippen MR) is 74.5 cm³/mol. The van der Waals surface area contributed by atoms with Gasteiger partial charge in [-0.05, 0) is 52.4 Å². The van der Waals surface area contributed by atoms with Crippen LogP contribution in [0.3, 0.4) is 0 Å². The van der Waals surface area contributed by atoms with Crippen LogP contribution in [0.15, 0.2) is 12.4 Å². The summed E-state index contributed by atoms with van der Waals surface area (Å²) in [6.07, 6.45) is 6.92. The first-order valence-electron chi connectivity index (χ1n) is 7.21. The fraction of sp³-hybridized carbons (Fsp3) is 0.786. The summed E-state index contributed by atoms with van der Waals surface area (Å²) in [5, 5.41) is 7.79. The van der Waals surface area contributed by atoms with Crippen molar-refractivity contribution in [3.8, 4) is 0 Å². The molecule has 1 fully saturated rings. The molecular weight excluding hydrogens is 224 g/mol. The Labute approximate surface area is 110 Å². The van der Waals surface area contributed by atoms with Crippen LogP contribution < -0.4 is 5.32 Å². The summed E-state index contributed by atoms with van der Waals surface area (Å²) in [4.78, 5) is 2.60. The van der Waals surface area contributed by atoms with Gasteiger partial charge in [0, 0.05) is 24.3 Å². The van der Waals surface area contributed by atoms with Gasteiger partial charge in [0.25, 0.3) is 0 Å². The second-order valence-electron chi connectivity index (χ2n) is 5.16. The first-order valence-corrected chi connectivity index (χ1v) is 7.21. The van der Waals surface area contributed by atoms with E-state index in [1.54, 1.807) is 0 Å². The molecule has 2 heterocycles. The lowest BCUT2D eigenvalue weighted by molar-refractivity contribution is 0.0981. The summed E-state index contributed by atoms with van der Waals surface area (Å²) in [6, 6.07) is 0.538. The Bertz CT molecular complexity index is 358. The van der Waals surface area contributed by atoms with Crippen LogP contribution in [-0.4, -0.2) is 41.4 Å². The monoisotopic (exact) mass is 250 g/mol. The van der Waals surface area contributed by atoms with Crippen LogP contribution in [0.1, 0.15) is 38.3 Å². The molecule has 1 aliphatic rings. The van der Waals surface area contributed by atoms with Gasteiger partial charge in [-0.2, -0.15) is 5.10 Å². The molecule has 4 heteroatoms. The van der Waals surface area contributed by atoms with E-state index in [0.29, 0.717) is 12.0 Å². The van der Waals surface area contributed by atoms with Gasteiger partial charge < -0.3 is 5.32 Å². The zero-order valence-corrected chi connectivity index (χ0v) is 11.9. The second kappa shape index (κ2) is 6.34. The summed E-state index contributed by atoms with van der Waals surface area (Å²) in [5.74, 6) is 0.707. The largest absolute Gasteiger partial charge is 0.319 e. The molecule has 1 aromatic heterocycles. The maximum atomic E-state index is 4.44. The zero-order chi connectivity index (χ0) is 13.0. The molecule has 2 atom stereocenters. The molecule has 0 aliphatic carbocycles. The van der Waals surface area contributed by atoms with Crippen molar-refractivity contribution in [1.29, 1.82) is 0 Å². The molecule has 1 N–H and O–H groups in total. The Hall–Kier alpha value is -0.870. The zero-order valence-electron chi connectivity index (χ0n) is 11.9. The number of hydrogen-bond donors (Lipinski definition) is 1. The number of likely N-dealkylation sites (tertiary alicyclic amines) is 1. The third-order valence-corrected chi connectivity index (χ3v) is 4.05. The Morgan fingerprint density at radius 2 is 2.22 bits per heavy atom. The van der Waals surface area contributed by atoms with Crippen molar-refractivity contribution >= 4 is 0 Å². The van der Waals surface area contributed by atoms with Crippen molar-refractivity contribution < 1.29 is 0 Å². The van der Waals surface area contributed by atoms with Gasteiger partial charge >= 0.3 is 0 Å².